The molecule has 0 fully saturated rings. The van der Waals surface area contributed by atoms with Gasteiger partial charge in [0.05, 0.1) is 16.6 Å². The fourth-order valence-electron chi connectivity index (χ4n) is 5.98. The lowest BCUT2D eigenvalue weighted by molar-refractivity contribution is 1.41. The predicted octanol–water partition coefficient (Wildman–Crippen LogP) is 12.4. The number of nitrogen functional groups attached to an aromatic ring is 1. The van der Waals surface area contributed by atoms with E-state index >= 15 is 0 Å². The fourth-order valence-corrected chi connectivity index (χ4v) is 5.98. The molecule has 11 rings (SSSR count). The van der Waals surface area contributed by atoms with Crippen LogP contribution in [0.3, 0.4) is 0 Å². The molecule has 0 saturated carbocycles. The molecule has 0 atom stereocenters. The van der Waals surface area contributed by atoms with Gasteiger partial charge in [-0.15, -0.1) is 0 Å². The number of aromatic amines is 2. The minimum absolute atomic E-state index is 0.822. The molecular formula is C48H39N5. The maximum atomic E-state index is 5.36. The number of rotatable bonds is 0. The fraction of sp³-hybridized carbons (Fsp3) is 0. The van der Waals surface area contributed by atoms with Crippen LogP contribution < -0.4 is 5.73 Å². The molecule has 0 aliphatic carbocycles. The Bertz CT molecular complexity index is 2570. The van der Waals surface area contributed by atoms with E-state index in [2.05, 4.69) is 117 Å². The zero-order valence-corrected chi connectivity index (χ0v) is 29.2. The molecule has 0 aliphatic heterocycles. The van der Waals surface area contributed by atoms with E-state index in [1.54, 1.807) is 0 Å². The number of pyridine rings is 2. The lowest BCUT2D eigenvalue weighted by atomic mass is 10.1. The van der Waals surface area contributed by atoms with Crippen LogP contribution in [-0.4, -0.2) is 19.9 Å². The summed E-state index contributed by atoms with van der Waals surface area (Å²) in [4.78, 5) is 15.3. The van der Waals surface area contributed by atoms with Crippen molar-refractivity contribution in [1.82, 2.24) is 19.9 Å². The molecule has 0 saturated heterocycles. The van der Waals surface area contributed by atoms with E-state index in [-0.39, 0.29) is 0 Å². The molecule has 0 unspecified atom stereocenters. The van der Waals surface area contributed by atoms with Gasteiger partial charge in [-0.3, -0.25) is 4.98 Å². The average Bonchev–Trinajstić information content (AvgIpc) is 3.87. The first kappa shape index (κ1) is 34.2. The minimum atomic E-state index is 0.822. The maximum absolute atomic E-state index is 5.36. The molecule has 0 radical (unpaired) electrons. The zero-order valence-electron chi connectivity index (χ0n) is 29.2. The Morgan fingerprint density at radius 2 is 0.849 bits per heavy atom. The summed E-state index contributed by atoms with van der Waals surface area (Å²) in [5, 5.41) is 7.48. The van der Waals surface area contributed by atoms with E-state index in [4.69, 9.17) is 5.73 Å². The second kappa shape index (κ2) is 17.1. The van der Waals surface area contributed by atoms with Gasteiger partial charge in [-0.1, -0.05) is 133 Å². The van der Waals surface area contributed by atoms with Crippen LogP contribution in [0.5, 0.6) is 0 Å². The molecule has 256 valence electrons. The molecule has 7 aromatic carbocycles. The van der Waals surface area contributed by atoms with E-state index in [1.165, 1.54) is 48.9 Å². The van der Waals surface area contributed by atoms with Crippen molar-refractivity contribution in [1.29, 1.82) is 0 Å². The number of hydrogen-bond donors (Lipinski definition) is 3. The SMILES string of the molecule is Nc1ccccc1.c1ccc2[nH]ccc2c1.c1ccc2c(c1)[nH]c1ccccc12.c1ccc2nc3ccccc3cc2c1.c1ccc2ncccc2c1. The average molecular weight is 686 g/mol. The van der Waals surface area contributed by atoms with Gasteiger partial charge >= 0.3 is 0 Å². The third-order valence-corrected chi connectivity index (χ3v) is 8.61. The standard InChI is InChI=1S/C13H9N.C12H9N.C9H7N.C8H7N.C6H7N/c1-3-7-12-10(5-1)9-11-6-2-4-8-13(11)14-12;1-3-7-11-9(5-1)10-6-2-4-8-12(10)13-11;1-2-6-9-8(4-1)5-3-7-10-9;1-2-4-8-7(3-1)5-6-9-8;7-6-4-2-1-3-5-6/h1-9H;1-8,13H;1-7H;1-6,9H;1-5H,7H2. The topological polar surface area (TPSA) is 83.4 Å². The second-order valence-corrected chi connectivity index (χ2v) is 12.3. The number of hydrogen-bond acceptors (Lipinski definition) is 3. The smallest absolute Gasteiger partial charge is 0.0709 e. The maximum Gasteiger partial charge on any atom is 0.0709 e. The Labute approximate surface area is 308 Å². The Hall–Kier alpha value is -7.24. The number of anilines is 1. The summed E-state index contributed by atoms with van der Waals surface area (Å²) in [5.74, 6) is 0. The molecule has 4 heterocycles. The van der Waals surface area contributed by atoms with Crippen molar-refractivity contribution >= 4 is 71.1 Å². The van der Waals surface area contributed by atoms with Crippen molar-refractivity contribution in [2.24, 2.45) is 0 Å². The number of nitrogens with two attached hydrogens (primary N) is 1. The molecule has 4 aromatic heterocycles. The minimum Gasteiger partial charge on any atom is -0.399 e. The number of nitrogens with one attached hydrogen (secondary N) is 2. The number of benzene rings is 7. The summed E-state index contributed by atoms with van der Waals surface area (Å²) in [7, 11) is 0. The van der Waals surface area contributed by atoms with Crippen molar-refractivity contribution in [2.45, 2.75) is 0 Å². The first-order chi connectivity index (χ1) is 26.2. The van der Waals surface area contributed by atoms with Gasteiger partial charge in [0, 0.05) is 61.6 Å². The third-order valence-electron chi connectivity index (χ3n) is 8.61. The van der Waals surface area contributed by atoms with E-state index in [1.807, 2.05) is 116 Å². The molecule has 4 N–H and O–H groups in total. The summed E-state index contributed by atoms with van der Waals surface area (Å²) < 4.78 is 0. The molecular weight excluding hydrogens is 647 g/mol. The van der Waals surface area contributed by atoms with Crippen LogP contribution in [0.2, 0.25) is 0 Å². The highest BCUT2D eigenvalue weighted by molar-refractivity contribution is 6.07. The number of nitrogens with zero attached hydrogens (tertiary/aromatic N) is 2. The van der Waals surface area contributed by atoms with Crippen molar-refractivity contribution in [3.05, 3.63) is 213 Å². The van der Waals surface area contributed by atoms with E-state index in [0.29, 0.717) is 0 Å². The first-order valence-corrected chi connectivity index (χ1v) is 17.5. The largest absolute Gasteiger partial charge is 0.399 e. The highest BCUT2D eigenvalue weighted by Crippen LogP contribution is 2.24. The summed E-state index contributed by atoms with van der Waals surface area (Å²) in [6.45, 7) is 0. The summed E-state index contributed by atoms with van der Waals surface area (Å²) in [6, 6.07) is 67.2. The quantitative estimate of drug-likeness (QED) is 0.110. The number of H-pyrrole nitrogens is 2. The molecule has 0 amide bonds. The van der Waals surface area contributed by atoms with E-state index in [9.17, 15) is 0 Å². The van der Waals surface area contributed by atoms with Crippen molar-refractivity contribution < 1.29 is 0 Å². The first-order valence-electron chi connectivity index (χ1n) is 17.5. The third kappa shape index (κ3) is 8.92. The lowest BCUT2D eigenvalue weighted by Crippen LogP contribution is -1.80. The van der Waals surface area contributed by atoms with Crippen molar-refractivity contribution in [3.63, 3.8) is 0 Å². The van der Waals surface area contributed by atoms with Gasteiger partial charge in [-0.05, 0) is 72.1 Å². The molecule has 5 heteroatoms. The number of para-hydroxylation sites is 7. The molecule has 11 aromatic rings. The number of fused-ring (bicyclic) bond motifs is 7. The van der Waals surface area contributed by atoms with Crippen LogP contribution in [0.1, 0.15) is 0 Å². The molecule has 0 spiro atoms. The molecule has 0 bridgehead atoms. The Balaban J connectivity index is 0.000000105. The summed E-state index contributed by atoms with van der Waals surface area (Å²) in [6.07, 6.45) is 3.76. The zero-order chi connectivity index (χ0) is 36.1. The summed E-state index contributed by atoms with van der Waals surface area (Å²) >= 11 is 0. The van der Waals surface area contributed by atoms with Gasteiger partial charge < -0.3 is 15.7 Å². The van der Waals surface area contributed by atoms with Crippen LogP contribution in [0.15, 0.2) is 213 Å². The Kier molecular flexibility index (Phi) is 11.1. The van der Waals surface area contributed by atoms with Crippen LogP contribution in [0.25, 0.3) is 65.4 Å². The monoisotopic (exact) mass is 685 g/mol. The van der Waals surface area contributed by atoms with Gasteiger partial charge in [0.1, 0.15) is 0 Å². The molecule has 5 nitrogen and oxygen atoms in total. The lowest BCUT2D eigenvalue weighted by Gasteiger charge is -1.99. The van der Waals surface area contributed by atoms with Gasteiger partial charge in [-0.25, -0.2) is 4.98 Å². The van der Waals surface area contributed by atoms with Gasteiger partial charge in [0.25, 0.3) is 0 Å². The molecule has 0 aliphatic rings. The number of aromatic nitrogens is 4. The van der Waals surface area contributed by atoms with Crippen LogP contribution in [-0.2, 0) is 0 Å². The second-order valence-electron chi connectivity index (χ2n) is 12.3. The van der Waals surface area contributed by atoms with E-state index < -0.39 is 0 Å². The predicted molar refractivity (Wildman–Crippen MR) is 226 cm³/mol. The van der Waals surface area contributed by atoms with Crippen LogP contribution in [0, 0.1) is 0 Å². The highest BCUT2D eigenvalue weighted by Gasteiger charge is 2.00. The van der Waals surface area contributed by atoms with Crippen LogP contribution in [0.4, 0.5) is 5.69 Å². The highest BCUT2D eigenvalue weighted by atomic mass is 14.7. The molecule has 53 heavy (non-hydrogen) atoms. The van der Waals surface area contributed by atoms with Gasteiger partial charge in [0.2, 0.25) is 0 Å². The van der Waals surface area contributed by atoms with Crippen molar-refractivity contribution in [2.75, 3.05) is 5.73 Å². The Morgan fingerprint density at radius 3 is 1.42 bits per heavy atom. The normalized spacial score (nSPS) is 10.3. The van der Waals surface area contributed by atoms with Gasteiger partial charge in [0.15, 0.2) is 0 Å². The van der Waals surface area contributed by atoms with E-state index in [0.717, 1.165) is 22.2 Å². The van der Waals surface area contributed by atoms with Gasteiger partial charge in [-0.2, -0.15) is 0 Å². The van der Waals surface area contributed by atoms with Crippen molar-refractivity contribution in [3.8, 4) is 0 Å². The summed E-state index contributed by atoms with van der Waals surface area (Å²) in [5.41, 5.74) is 13.0. The van der Waals surface area contributed by atoms with Crippen LogP contribution >= 0.6 is 0 Å². The Morgan fingerprint density at radius 1 is 0.377 bits per heavy atom.